The van der Waals surface area contributed by atoms with Gasteiger partial charge in [-0.2, -0.15) is 0 Å². The summed E-state index contributed by atoms with van der Waals surface area (Å²) in [5.74, 6) is 2.07. The van der Waals surface area contributed by atoms with Crippen LogP contribution in [0.25, 0.3) is 11.3 Å². The first-order valence-corrected chi connectivity index (χ1v) is 7.78. The van der Waals surface area contributed by atoms with Gasteiger partial charge in [0.1, 0.15) is 5.76 Å². The summed E-state index contributed by atoms with van der Waals surface area (Å²) in [7, 11) is 0. The summed E-state index contributed by atoms with van der Waals surface area (Å²) in [4.78, 5) is 14.5. The summed E-state index contributed by atoms with van der Waals surface area (Å²) in [5.41, 5.74) is 7.43. The second kappa shape index (κ2) is 5.87. The predicted molar refractivity (Wildman–Crippen MR) is 87.4 cm³/mol. The minimum atomic E-state index is -0.0286. The Morgan fingerprint density at radius 3 is 2.50 bits per heavy atom. The molecule has 1 aliphatic heterocycles. The number of likely N-dealkylation sites (tertiary alicyclic amines) is 1. The van der Waals surface area contributed by atoms with Crippen LogP contribution in [0.15, 0.2) is 40.8 Å². The van der Waals surface area contributed by atoms with E-state index in [0.29, 0.717) is 29.0 Å². The third kappa shape index (κ3) is 2.86. The summed E-state index contributed by atoms with van der Waals surface area (Å²) in [5, 5.41) is 0. The number of carbonyl (C=O) groups is 1. The second-order valence-corrected chi connectivity index (χ2v) is 6.41. The molecule has 116 valence electrons. The van der Waals surface area contributed by atoms with Crippen LogP contribution in [-0.4, -0.2) is 23.9 Å². The number of nitrogens with zero attached hydrogens (tertiary/aromatic N) is 1. The molecule has 4 nitrogen and oxygen atoms in total. The van der Waals surface area contributed by atoms with Crippen molar-refractivity contribution >= 4 is 11.6 Å². The molecule has 0 radical (unpaired) electrons. The SMILES string of the molecule is C[C@@H]1C[C@@H](C)CN(C(=O)c2ccc(-c3ccccc3N)o2)C1. The summed E-state index contributed by atoms with van der Waals surface area (Å²) in [6.45, 7) is 5.97. The monoisotopic (exact) mass is 298 g/mol. The van der Waals surface area contributed by atoms with Crippen LogP contribution in [0.1, 0.15) is 30.8 Å². The van der Waals surface area contributed by atoms with Gasteiger partial charge in [-0.3, -0.25) is 4.79 Å². The Labute approximate surface area is 130 Å². The van der Waals surface area contributed by atoms with E-state index in [0.717, 1.165) is 18.7 Å². The number of furan rings is 1. The molecule has 2 heterocycles. The van der Waals surface area contributed by atoms with E-state index in [4.69, 9.17) is 10.2 Å². The third-order valence-electron chi connectivity index (χ3n) is 4.20. The van der Waals surface area contributed by atoms with Gasteiger partial charge in [-0.1, -0.05) is 26.0 Å². The number of piperidine rings is 1. The lowest BCUT2D eigenvalue weighted by Crippen LogP contribution is -2.42. The number of hydrogen-bond acceptors (Lipinski definition) is 3. The Bertz CT molecular complexity index is 667. The van der Waals surface area contributed by atoms with Crippen LogP contribution in [0.2, 0.25) is 0 Å². The molecule has 1 aromatic carbocycles. The molecule has 0 spiro atoms. The highest BCUT2D eigenvalue weighted by atomic mass is 16.4. The van der Waals surface area contributed by atoms with Crippen molar-refractivity contribution in [2.75, 3.05) is 18.8 Å². The fourth-order valence-electron chi connectivity index (χ4n) is 3.30. The van der Waals surface area contributed by atoms with Crippen LogP contribution in [0.4, 0.5) is 5.69 Å². The van der Waals surface area contributed by atoms with Crippen molar-refractivity contribution in [3.8, 4) is 11.3 Å². The molecule has 1 aromatic heterocycles. The standard InChI is InChI=1S/C18H22N2O2/c1-12-9-13(2)11-20(10-12)18(21)17-8-7-16(22-17)14-5-3-4-6-15(14)19/h3-8,12-13H,9-11,19H2,1-2H3/t12-,13-/m1/s1. The molecule has 1 amide bonds. The lowest BCUT2D eigenvalue weighted by atomic mass is 9.92. The van der Waals surface area contributed by atoms with Crippen molar-refractivity contribution in [2.24, 2.45) is 11.8 Å². The zero-order chi connectivity index (χ0) is 15.7. The summed E-state index contributed by atoms with van der Waals surface area (Å²) in [6, 6.07) is 11.1. The molecule has 2 atom stereocenters. The molecule has 4 heteroatoms. The highest BCUT2D eigenvalue weighted by Gasteiger charge is 2.27. The van der Waals surface area contributed by atoms with Crippen molar-refractivity contribution in [2.45, 2.75) is 20.3 Å². The van der Waals surface area contributed by atoms with Crippen LogP contribution in [0.5, 0.6) is 0 Å². The highest BCUT2D eigenvalue weighted by molar-refractivity contribution is 5.92. The molecule has 0 unspecified atom stereocenters. The molecule has 1 aliphatic rings. The van der Waals surface area contributed by atoms with E-state index in [2.05, 4.69) is 13.8 Å². The third-order valence-corrected chi connectivity index (χ3v) is 4.20. The zero-order valence-corrected chi connectivity index (χ0v) is 13.1. The first-order valence-electron chi connectivity index (χ1n) is 7.78. The molecule has 0 saturated carbocycles. The Balaban J connectivity index is 1.82. The van der Waals surface area contributed by atoms with E-state index in [1.807, 2.05) is 35.2 Å². The van der Waals surface area contributed by atoms with E-state index in [1.54, 1.807) is 6.07 Å². The number of amides is 1. The van der Waals surface area contributed by atoms with Crippen molar-refractivity contribution in [1.82, 2.24) is 4.90 Å². The summed E-state index contributed by atoms with van der Waals surface area (Å²) in [6.07, 6.45) is 1.17. The Morgan fingerprint density at radius 2 is 1.82 bits per heavy atom. The first-order chi connectivity index (χ1) is 10.5. The molecule has 1 saturated heterocycles. The van der Waals surface area contributed by atoms with E-state index < -0.39 is 0 Å². The fourth-order valence-corrected chi connectivity index (χ4v) is 3.30. The van der Waals surface area contributed by atoms with Gasteiger partial charge in [0, 0.05) is 24.3 Å². The second-order valence-electron chi connectivity index (χ2n) is 6.41. The molecule has 0 aliphatic carbocycles. The number of anilines is 1. The fraction of sp³-hybridized carbons (Fsp3) is 0.389. The number of benzene rings is 1. The van der Waals surface area contributed by atoms with E-state index >= 15 is 0 Å². The van der Waals surface area contributed by atoms with E-state index in [-0.39, 0.29) is 5.91 Å². The molecule has 0 bridgehead atoms. The highest BCUT2D eigenvalue weighted by Crippen LogP contribution is 2.29. The topological polar surface area (TPSA) is 59.5 Å². The summed E-state index contributed by atoms with van der Waals surface area (Å²) < 4.78 is 5.76. The number of nitrogens with two attached hydrogens (primary N) is 1. The minimum Gasteiger partial charge on any atom is -0.451 e. The van der Waals surface area contributed by atoms with Crippen molar-refractivity contribution in [3.05, 3.63) is 42.2 Å². The van der Waals surface area contributed by atoms with Gasteiger partial charge in [-0.25, -0.2) is 0 Å². The van der Waals surface area contributed by atoms with Crippen LogP contribution >= 0.6 is 0 Å². The van der Waals surface area contributed by atoms with Gasteiger partial charge in [0.15, 0.2) is 5.76 Å². The lowest BCUT2D eigenvalue weighted by Gasteiger charge is -2.34. The van der Waals surface area contributed by atoms with E-state index in [1.165, 1.54) is 6.42 Å². The molecule has 22 heavy (non-hydrogen) atoms. The first kappa shape index (κ1) is 14.7. The average molecular weight is 298 g/mol. The molecule has 3 rings (SSSR count). The van der Waals surface area contributed by atoms with Crippen LogP contribution < -0.4 is 5.73 Å². The Morgan fingerprint density at radius 1 is 1.14 bits per heavy atom. The van der Waals surface area contributed by atoms with Gasteiger partial charge in [0.2, 0.25) is 0 Å². The maximum atomic E-state index is 12.6. The quantitative estimate of drug-likeness (QED) is 0.861. The van der Waals surface area contributed by atoms with Gasteiger partial charge < -0.3 is 15.1 Å². The molecular formula is C18H22N2O2. The Hall–Kier alpha value is -2.23. The predicted octanol–water partition coefficient (Wildman–Crippen LogP) is 3.65. The van der Waals surface area contributed by atoms with Gasteiger partial charge >= 0.3 is 0 Å². The summed E-state index contributed by atoms with van der Waals surface area (Å²) >= 11 is 0. The molecule has 2 aromatic rings. The molecule has 1 fully saturated rings. The van der Waals surface area contributed by atoms with Crippen molar-refractivity contribution in [3.63, 3.8) is 0 Å². The van der Waals surface area contributed by atoms with Crippen molar-refractivity contribution < 1.29 is 9.21 Å². The number of nitrogen functional groups attached to an aromatic ring is 1. The minimum absolute atomic E-state index is 0.0286. The van der Waals surface area contributed by atoms with Crippen LogP contribution in [-0.2, 0) is 0 Å². The van der Waals surface area contributed by atoms with E-state index in [9.17, 15) is 4.79 Å². The maximum Gasteiger partial charge on any atom is 0.289 e. The van der Waals surface area contributed by atoms with Gasteiger partial charge in [-0.15, -0.1) is 0 Å². The normalized spacial score (nSPS) is 21.8. The largest absolute Gasteiger partial charge is 0.451 e. The van der Waals surface area contributed by atoms with Crippen LogP contribution in [0.3, 0.4) is 0 Å². The zero-order valence-electron chi connectivity index (χ0n) is 13.1. The Kier molecular flexibility index (Phi) is 3.92. The average Bonchev–Trinajstić information content (AvgIpc) is 2.95. The van der Waals surface area contributed by atoms with Crippen LogP contribution in [0, 0.1) is 11.8 Å². The van der Waals surface area contributed by atoms with Gasteiger partial charge in [0.25, 0.3) is 5.91 Å². The van der Waals surface area contributed by atoms with Crippen molar-refractivity contribution in [1.29, 1.82) is 0 Å². The number of hydrogen-bond donors (Lipinski definition) is 1. The maximum absolute atomic E-state index is 12.6. The smallest absolute Gasteiger partial charge is 0.289 e. The number of rotatable bonds is 2. The molecule has 2 N–H and O–H groups in total. The van der Waals surface area contributed by atoms with Gasteiger partial charge in [0.05, 0.1) is 0 Å². The van der Waals surface area contributed by atoms with Gasteiger partial charge in [-0.05, 0) is 42.5 Å². The number of carbonyl (C=O) groups excluding carboxylic acids is 1. The lowest BCUT2D eigenvalue weighted by molar-refractivity contribution is 0.0592. The molecular weight excluding hydrogens is 276 g/mol. The number of para-hydroxylation sites is 1.